The van der Waals surface area contributed by atoms with Crippen LogP contribution in [-0.2, 0) is 23.7 Å². The summed E-state index contributed by atoms with van der Waals surface area (Å²) in [7, 11) is 0. The predicted molar refractivity (Wildman–Crippen MR) is 241 cm³/mol. The van der Waals surface area contributed by atoms with Crippen molar-refractivity contribution in [1.82, 2.24) is 9.80 Å². The average molecular weight is 849 g/mol. The highest BCUT2D eigenvalue weighted by molar-refractivity contribution is 6.06. The summed E-state index contributed by atoms with van der Waals surface area (Å²) in [5.74, 6) is -0.355. The zero-order valence-electron chi connectivity index (χ0n) is 35.8. The van der Waals surface area contributed by atoms with Crippen molar-refractivity contribution < 1.29 is 38.7 Å². The van der Waals surface area contributed by atoms with E-state index in [-0.39, 0.29) is 45.4 Å². The maximum absolute atomic E-state index is 14.6. The van der Waals surface area contributed by atoms with Gasteiger partial charge in [0, 0.05) is 0 Å². The van der Waals surface area contributed by atoms with Crippen LogP contribution in [0.3, 0.4) is 0 Å². The Kier molecular flexibility index (Phi) is 15.7. The number of aliphatic hydroxyl groups is 2. The van der Waals surface area contributed by atoms with E-state index in [9.17, 15) is 19.8 Å². The molecule has 10 heteroatoms. The summed E-state index contributed by atoms with van der Waals surface area (Å²) in [4.78, 5) is 31.9. The largest absolute Gasteiger partial charge is 0.386 e. The zero-order chi connectivity index (χ0) is 44.0. The normalized spacial score (nSPS) is 16.6. The SMILES string of the molecule is CC1(C)C(=O)N(CC(OCC(OCC(O)c2ccccc2)c2ccccc2)c2ccccc2)C(=O)N1CC(OCC(OCC(O)c1ccccc1)c1ccccc1)c1ccccc1. The third-order valence-electron chi connectivity index (χ3n) is 11.5. The second-order valence-corrected chi connectivity index (χ2v) is 16.2. The predicted octanol–water partition coefficient (Wildman–Crippen LogP) is 9.53. The summed E-state index contributed by atoms with van der Waals surface area (Å²) < 4.78 is 26.0. The number of amides is 3. The molecule has 7 rings (SSSR count). The summed E-state index contributed by atoms with van der Waals surface area (Å²) in [5, 5.41) is 21.9. The fraction of sp³-hybridized carbons (Fsp3) is 0.283. The van der Waals surface area contributed by atoms with Crippen molar-refractivity contribution >= 4 is 11.9 Å². The smallest absolute Gasteiger partial charge is 0.327 e. The number of nitrogens with zero attached hydrogens (tertiary/aromatic N) is 2. The molecule has 6 aromatic carbocycles. The lowest BCUT2D eigenvalue weighted by atomic mass is 10.0. The summed E-state index contributed by atoms with van der Waals surface area (Å²) >= 11 is 0. The molecule has 0 spiro atoms. The van der Waals surface area contributed by atoms with E-state index in [1.54, 1.807) is 18.7 Å². The molecule has 1 heterocycles. The molecule has 0 bridgehead atoms. The van der Waals surface area contributed by atoms with Gasteiger partial charge in [0.15, 0.2) is 0 Å². The fourth-order valence-corrected chi connectivity index (χ4v) is 7.74. The molecule has 1 aliphatic heterocycles. The Morgan fingerprint density at radius 1 is 0.413 bits per heavy atom. The Labute approximate surface area is 370 Å². The van der Waals surface area contributed by atoms with Gasteiger partial charge < -0.3 is 34.1 Å². The number of aliphatic hydroxyl groups excluding tert-OH is 2. The van der Waals surface area contributed by atoms with Crippen LogP contribution in [0.15, 0.2) is 182 Å². The van der Waals surface area contributed by atoms with E-state index in [4.69, 9.17) is 18.9 Å². The average Bonchev–Trinajstić information content (AvgIpc) is 3.49. The van der Waals surface area contributed by atoms with E-state index < -0.39 is 48.2 Å². The van der Waals surface area contributed by atoms with Gasteiger partial charge in [-0.25, -0.2) is 4.79 Å². The van der Waals surface area contributed by atoms with Crippen LogP contribution in [0.1, 0.15) is 83.9 Å². The standard InChI is InChI=1S/C53H56N2O8/c1-53(2)51(58)54(33-47(41-25-13-5-14-26-41)62-37-49(43-29-17-7-18-30-43)60-35-45(56)39-21-9-3-10-22-39)52(59)55(53)34-48(42-27-15-6-16-28-42)63-38-50(44-31-19-8-20-32-44)61-36-46(57)40-23-11-4-12-24-40/h3-32,45-50,56-57H,33-38H2,1-2H3. The van der Waals surface area contributed by atoms with Crippen LogP contribution in [-0.4, -0.2) is 77.0 Å². The number of rotatable bonds is 22. The molecular formula is C53H56N2O8. The molecule has 6 atom stereocenters. The third kappa shape index (κ3) is 11.7. The molecule has 2 N–H and O–H groups in total. The number of carbonyl (C=O) groups is 2. The van der Waals surface area contributed by atoms with Gasteiger partial charge in [0.1, 0.15) is 42.2 Å². The molecule has 0 aliphatic carbocycles. The Morgan fingerprint density at radius 3 is 1.05 bits per heavy atom. The number of hydrogen-bond donors (Lipinski definition) is 2. The molecular weight excluding hydrogens is 793 g/mol. The van der Waals surface area contributed by atoms with Crippen LogP contribution in [0.4, 0.5) is 4.79 Å². The summed E-state index contributed by atoms with van der Waals surface area (Å²) in [6.45, 7) is 3.83. The molecule has 1 aliphatic rings. The van der Waals surface area contributed by atoms with Gasteiger partial charge in [0.05, 0.1) is 39.5 Å². The van der Waals surface area contributed by atoms with E-state index in [1.807, 2.05) is 182 Å². The summed E-state index contributed by atoms with van der Waals surface area (Å²) in [5.41, 5.74) is 3.64. The zero-order valence-corrected chi connectivity index (χ0v) is 35.8. The Balaban J connectivity index is 1.08. The number of benzene rings is 6. The van der Waals surface area contributed by atoms with Crippen molar-refractivity contribution in [3.63, 3.8) is 0 Å². The number of urea groups is 1. The molecule has 3 amide bonds. The highest BCUT2D eigenvalue weighted by atomic mass is 16.5. The van der Waals surface area contributed by atoms with Crippen molar-refractivity contribution in [1.29, 1.82) is 0 Å². The monoisotopic (exact) mass is 848 g/mol. The molecule has 6 unspecified atom stereocenters. The minimum atomic E-state index is -1.22. The van der Waals surface area contributed by atoms with Crippen molar-refractivity contribution in [3.8, 4) is 0 Å². The van der Waals surface area contributed by atoms with Crippen molar-refractivity contribution in [3.05, 3.63) is 215 Å². The van der Waals surface area contributed by atoms with Crippen molar-refractivity contribution in [2.75, 3.05) is 39.5 Å². The number of carbonyl (C=O) groups excluding carboxylic acids is 2. The van der Waals surface area contributed by atoms with Crippen LogP contribution < -0.4 is 0 Å². The number of hydrogen-bond acceptors (Lipinski definition) is 8. The maximum Gasteiger partial charge on any atom is 0.327 e. The van der Waals surface area contributed by atoms with Gasteiger partial charge in [0.25, 0.3) is 5.91 Å². The second kappa shape index (κ2) is 21.9. The molecule has 1 fully saturated rings. The lowest BCUT2D eigenvalue weighted by Crippen LogP contribution is -2.46. The first kappa shape index (κ1) is 45.1. The highest BCUT2D eigenvalue weighted by Gasteiger charge is 2.52. The van der Waals surface area contributed by atoms with E-state index in [0.29, 0.717) is 0 Å². The summed E-state index contributed by atoms with van der Waals surface area (Å²) in [6, 6.07) is 56.8. The molecule has 0 aromatic heterocycles. The Bertz CT molecular complexity index is 2290. The molecule has 10 nitrogen and oxygen atoms in total. The van der Waals surface area contributed by atoms with Gasteiger partial charge in [-0.05, 0) is 47.2 Å². The van der Waals surface area contributed by atoms with Crippen LogP contribution in [0.5, 0.6) is 0 Å². The van der Waals surface area contributed by atoms with Gasteiger partial charge in [-0.1, -0.05) is 182 Å². The first-order chi connectivity index (χ1) is 30.7. The van der Waals surface area contributed by atoms with E-state index in [2.05, 4.69) is 0 Å². The number of ether oxygens (including phenoxy) is 4. The molecule has 6 aromatic rings. The molecule has 0 saturated carbocycles. The second-order valence-electron chi connectivity index (χ2n) is 16.2. The van der Waals surface area contributed by atoms with Crippen LogP contribution in [0, 0.1) is 0 Å². The van der Waals surface area contributed by atoms with Crippen LogP contribution in [0.2, 0.25) is 0 Å². The van der Waals surface area contributed by atoms with Crippen LogP contribution >= 0.6 is 0 Å². The molecule has 63 heavy (non-hydrogen) atoms. The molecule has 326 valence electrons. The molecule has 0 radical (unpaired) electrons. The fourth-order valence-electron chi connectivity index (χ4n) is 7.74. The molecule has 1 saturated heterocycles. The van der Waals surface area contributed by atoms with Gasteiger partial charge in [-0.3, -0.25) is 9.69 Å². The topological polar surface area (TPSA) is 118 Å². The Morgan fingerprint density at radius 2 is 0.698 bits per heavy atom. The highest BCUT2D eigenvalue weighted by Crippen LogP contribution is 2.35. The van der Waals surface area contributed by atoms with Gasteiger partial charge in [0.2, 0.25) is 0 Å². The minimum absolute atomic E-state index is 0.0354. The third-order valence-corrected chi connectivity index (χ3v) is 11.5. The lowest BCUT2D eigenvalue weighted by molar-refractivity contribution is -0.134. The minimum Gasteiger partial charge on any atom is -0.386 e. The maximum atomic E-state index is 14.6. The Hall–Kier alpha value is -5.98. The van der Waals surface area contributed by atoms with E-state index in [0.717, 1.165) is 33.4 Å². The quantitative estimate of drug-likeness (QED) is 0.0650. The van der Waals surface area contributed by atoms with Gasteiger partial charge in [-0.2, -0.15) is 0 Å². The van der Waals surface area contributed by atoms with Crippen LogP contribution in [0.25, 0.3) is 0 Å². The lowest BCUT2D eigenvalue weighted by Gasteiger charge is -2.32. The first-order valence-corrected chi connectivity index (χ1v) is 21.4. The van der Waals surface area contributed by atoms with Crippen molar-refractivity contribution in [2.45, 2.75) is 56.0 Å². The van der Waals surface area contributed by atoms with E-state index >= 15 is 0 Å². The van der Waals surface area contributed by atoms with E-state index in [1.165, 1.54) is 4.90 Å². The van der Waals surface area contributed by atoms with Gasteiger partial charge in [-0.15, -0.1) is 0 Å². The first-order valence-electron chi connectivity index (χ1n) is 21.4. The number of imide groups is 1. The summed E-state index contributed by atoms with van der Waals surface area (Å²) in [6.07, 6.45) is -4.10. The van der Waals surface area contributed by atoms with Gasteiger partial charge >= 0.3 is 6.03 Å². The van der Waals surface area contributed by atoms with Crippen molar-refractivity contribution in [2.24, 2.45) is 0 Å².